The molecule has 0 radical (unpaired) electrons. The molecule has 1 saturated carbocycles. The normalized spacial score (nSPS) is 28.2. The Bertz CT molecular complexity index is 602. The van der Waals surface area contributed by atoms with Crippen LogP contribution in [0.2, 0.25) is 0 Å². The molecule has 2 aliphatic rings. The second-order valence-corrected chi connectivity index (χ2v) is 5.31. The summed E-state index contributed by atoms with van der Waals surface area (Å²) in [6.07, 6.45) is 1.24. The van der Waals surface area contributed by atoms with Crippen LogP contribution in [0.25, 0.3) is 0 Å². The van der Waals surface area contributed by atoms with Crippen LogP contribution >= 0.6 is 0 Å². The van der Waals surface area contributed by atoms with Gasteiger partial charge in [-0.05, 0) is 30.0 Å². The molecule has 1 aliphatic heterocycles. The van der Waals surface area contributed by atoms with Crippen molar-refractivity contribution in [1.82, 2.24) is 0 Å². The van der Waals surface area contributed by atoms with Gasteiger partial charge in [-0.3, -0.25) is 0 Å². The highest BCUT2D eigenvalue weighted by molar-refractivity contribution is 5.56. The van der Waals surface area contributed by atoms with Crippen LogP contribution in [0.1, 0.15) is 30.4 Å². The summed E-state index contributed by atoms with van der Waals surface area (Å²) in [6.45, 7) is 2.35. The minimum Gasteiger partial charge on any atom is -0.457 e. The summed E-state index contributed by atoms with van der Waals surface area (Å²) in [5.41, 5.74) is 3.01. The Morgan fingerprint density at radius 2 is 1.71 bits per heavy atom. The highest BCUT2D eigenvalue weighted by atomic mass is 16.5. The van der Waals surface area contributed by atoms with E-state index in [9.17, 15) is 0 Å². The summed E-state index contributed by atoms with van der Waals surface area (Å²) in [6, 6.07) is 16.9. The third-order valence-corrected chi connectivity index (χ3v) is 4.25. The van der Waals surface area contributed by atoms with Gasteiger partial charge in [0.2, 0.25) is 0 Å². The van der Waals surface area contributed by atoms with Gasteiger partial charge in [0.25, 0.3) is 0 Å². The molecule has 0 saturated heterocycles. The SMILES string of the molecule is CC12CC1c1ccccc1Oc1ccccc12. The maximum Gasteiger partial charge on any atom is 0.131 e. The summed E-state index contributed by atoms with van der Waals surface area (Å²) < 4.78 is 6.07. The highest BCUT2D eigenvalue weighted by Crippen LogP contribution is 2.65. The number of fused-ring (bicyclic) bond motifs is 5. The fraction of sp³-hybridized carbons (Fsp3) is 0.250. The molecule has 2 aromatic rings. The maximum atomic E-state index is 6.07. The molecular formula is C16H14O. The van der Waals surface area contributed by atoms with Gasteiger partial charge in [-0.25, -0.2) is 0 Å². The molecule has 0 N–H and O–H groups in total. The van der Waals surface area contributed by atoms with Gasteiger partial charge in [-0.1, -0.05) is 43.3 Å². The lowest BCUT2D eigenvalue weighted by Gasteiger charge is -2.13. The van der Waals surface area contributed by atoms with Crippen molar-refractivity contribution in [2.75, 3.05) is 0 Å². The first-order chi connectivity index (χ1) is 8.29. The van der Waals surface area contributed by atoms with Crippen LogP contribution in [0, 0.1) is 0 Å². The minimum atomic E-state index is 0.281. The van der Waals surface area contributed by atoms with Crippen molar-refractivity contribution in [1.29, 1.82) is 0 Å². The van der Waals surface area contributed by atoms with Gasteiger partial charge in [-0.2, -0.15) is 0 Å². The molecule has 1 nitrogen and oxygen atoms in total. The van der Waals surface area contributed by atoms with Gasteiger partial charge >= 0.3 is 0 Å². The zero-order valence-electron chi connectivity index (χ0n) is 9.81. The van der Waals surface area contributed by atoms with Crippen LogP contribution in [0.4, 0.5) is 0 Å². The van der Waals surface area contributed by atoms with Crippen LogP contribution in [-0.2, 0) is 5.41 Å². The fourth-order valence-electron chi connectivity index (χ4n) is 3.12. The third-order valence-electron chi connectivity index (χ3n) is 4.25. The maximum absolute atomic E-state index is 6.07. The first-order valence-corrected chi connectivity index (χ1v) is 6.15. The monoisotopic (exact) mass is 222 g/mol. The van der Waals surface area contributed by atoms with E-state index in [1.165, 1.54) is 17.5 Å². The van der Waals surface area contributed by atoms with Crippen molar-refractivity contribution in [3.05, 3.63) is 59.7 Å². The third kappa shape index (κ3) is 1.14. The summed E-state index contributed by atoms with van der Waals surface area (Å²) >= 11 is 0. The lowest BCUT2D eigenvalue weighted by Crippen LogP contribution is -2.02. The second-order valence-electron chi connectivity index (χ2n) is 5.31. The number of hydrogen-bond acceptors (Lipinski definition) is 1. The molecule has 0 spiro atoms. The predicted molar refractivity (Wildman–Crippen MR) is 67.7 cm³/mol. The van der Waals surface area contributed by atoms with Gasteiger partial charge < -0.3 is 4.74 Å². The molecule has 2 unspecified atom stereocenters. The Labute approximate surface area is 101 Å². The summed E-state index contributed by atoms with van der Waals surface area (Å²) in [5, 5.41) is 0. The minimum absolute atomic E-state index is 0.281. The molecule has 0 amide bonds. The molecule has 0 aromatic heterocycles. The Balaban J connectivity index is 1.99. The van der Waals surface area contributed by atoms with Gasteiger partial charge in [-0.15, -0.1) is 0 Å². The van der Waals surface area contributed by atoms with Crippen LogP contribution < -0.4 is 4.74 Å². The van der Waals surface area contributed by atoms with Crippen molar-refractivity contribution in [3.8, 4) is 11.5 Å². The van der Waals surface area contributed by atoms with Crippen molar-refractivity contribution in [2.45, 2.75) is 24.7 Å². The molecule has 2 aromatic carbocycles. The Morgan fingerprint density at radius 1 is 1.00 bits per heavy atom. The van der Waals surface area contributed by atoms with Crippen LogP contribution in [0.3, 0.4) is 0 Å². The quantitative estimate of drug-likeness (QED) is 0.648. The summed E-state index contributed by atoms with van der Waals surface area (Å²) in [7, 11) is 0. The highest BCUT2D eigenvalue weighted by Gasteiger charge is 2.55. The molecular weight excluding hydrogens is 208 g/mol. The standard InChI is InChI=1S/C16H14O/c1-16-10-13(16)11-6-2-4-8-14(11)17-15-9-5-3-7-12(15)16/h2-9,13H,10H2,1H3. The topological polar surface area (TPSA) is 9.23 Å². The Morgan fingerprint density at radius 3 is 2.59 bits per heavy atom. The Hall–Kier alpha value is -1.76. The summed E-state index contributed by atoms with van der Waals surface area (Å²) in [5.74, 6) is 2.69. The zero-order chi connectivity index (χ0) is 11.5. The van der Waals surface area contributed by atoms with Crippen molar-refractivity contribution in [3.63, 3.8) is 0 Å². The lowest BCUT2D eigenvalue weighted by atomic mass is 9.93. The van der Waals surface area contributed by atoms with E-state index < -0.39 is 0 Å². The number of benzene rings is 2. The Kier molecular flexibility index (Phi) is 1.60. The first-order valence-electron chi connectivity index (χ1n) is 6.15. The second kappa shape index (κ2) is 2.92. The van der Waals surface area contributed by atoms with Crippen molar-refractivity contribution in [2.24, 2.45) is 0 Å². The van der Waals surface area contributed by atoms with Gasteiger partial charge in [0.1, 0.15) is 11.5 Å². The van der Waals surface area contributed by atoms with Gasteiger partial charge in [0.15, 0.2) is 0 Å². The van der Waals surface area contributed by atoms with Crippen LogP contribution in [-0.4, -0.2) is 0 Å². The predicted octanol–water partition coefficient (Wildman–Crippen LogP) is 4.24. The average Bonchev–Trinajstić information content (AvgIpc) is 3.04. The molecule has 84 valence electrons. The molecule has 1 heteroatoms. The van der Waals surface area contributed by atoms with Gasteiger partial charge in [0.05, 0.1) is 0 Å². The molecule has 17 heavy (non-hydrogen) atoms. The van der Waals surface area contributed by atoms with E-state index in [1.807, 2.05) is 12.1 Å². The van der Waals surface area contributed by atoms with E-state index in [1.54, 1.807) is 0 Å². The zero-order valence-corrected chi connectivity index (χ0v) is 9.81. The first kappa shape index (κ1) is 9.29. The largest absolute Gasteiger partial charge is 0.457 e. The molecule has 1 heterocycles. The number of para-hydroxylation sites is 2. The number of hydrogen-bond donors (Lipinski definition) is 0. The molecule has 0 bridgehead atoms. The molecule has 2 atom stereocenters. The van der Waals surface area contributed by atoms with Crippen LogP contribution in [0.15, 0.2) is 48.5 Å². The van der Waals surface area contributed by atoms with Crippen molar-refractivity contribution < 1.29 is 4.74 Å². The molecule has 4 rings (SSSR count). The van der Waals surface area contributed by atoms with E-state index in [4.69, 9.17) is 4.74 Å². The molecule has 1 aliphatic carbocycles. The number of rotatable bonds is 0. The summed E-state index contributed by atoms with van der Waals surface area (Å²) in [4.78, 5) is 0. The van der Waals surface area contributed by atoms with E-state index in [-0.39, 0.29) is 5.41 Å². The molecule has 1 fully saturated rings. The lowest BCUT2D eigenvalue weighted by molar-refractivity contribution is 0.473. The average molecular weight is 222 g/mol. The number of ether oxygens (including phenoxy) is 1. The fourth-order valence-corrected chi connectivity index (χ4v) is 3.12. The van der Waals surface area contributed by atoms with E-state index in [0.29, 0.717) is 5.92 Å². The van der Waals surface area contributed by atoms with E-state index in [0.717, 1.165) is 11.5 Å². The smallest absolute Gasteiger partial charge is 0.131 e. The van der Waals surface area contributed by atoms with E-state index in [2.05, 4.69) is 43.3 Å². The van der Waals surface area contributed by atoms with Crippen molar-refractivity contribution >= 4 is 0 Å². The van der Waals surface area contributed by atoms with E-state index >= 15 is 0 Å². The van der Waals surface area contributed by atoms with Gasteiger partial charge in [0, 0.05) is 11.0 Å². The van der Waals surface area contributed by atoms with Crippen LogP contribution in [0.5, 0.6) is 11.5 Å².